The van der Waals surface area contributed by atoms with E-state index in [4.69, 9.17) is 10.5 Å². The molecule has 0 saturated carbocycles. The molecule has 0 spiro atoms. The third-order valence-corrected chi connectivity index (χ3v) is 5.01. The van der Waals surface area contributed by atoms with Gasteiger partial charge in [-0.3, -0.25) is 4.99 Å². The largest absolute Gasteiger partial charge is 0.444 e. The topological polar surface area (TPSA) is 74.4 Å². The van der Waals surface area contributed by atoms with E-state index in [0.29, 0.717) is 38.1 Å². The van der Waals surface area contributed by atoms with Gasteiger partial charge < -0.3 is 25.2 Å². The molecule has 2 aliphatic heterocycles. The van der Waals surface area contributed by atoms with Gasteiger partial charge in [-0.15, -0.1) is 24.0 Å². The summed E-state index contributed by atoms with van der Waals surface area (Å²) in [6.45, 7) is 15.0. The Hall–Kier alpha value is -0.770. The van der Waals surface area contributed by atoms with E-state index in [1.54, 1.807) is 4.90 Å². The summed E-state index contributed by atoms with van der Waals surface area (Å²) in [6, 6.07) is 0. The average molecular weight is 495 g/mol. The monoisotopic (exact) mass is 495 g/mol. The first kappa shape index (κ1) is 24.3. The Bertz CT molecular complexity index is 479. The van der Waals surface area contributed by atoms with E-state index in [-0.39, 0.29) is 30.1 Å². The SMILES string of the molecule is CCCN1CCC(CN=C(N)N2CCN(C(=O)OC(C)(C)C)CC2)CC1.I. The summed E-state index contributed by atoms with van der Waals surface area (Å²) < 4.78 is 5.43. The third-order valence-electron chi connectivity index (χ3n) is 5.01. The number of halogens is 1. The lowest BCUT2D eigenvalue weighted by Crippen LogP contribution is -2.53. The van der Waals surface area contributed by atoms with Crippen LogP contribution in [0.2, 0.25) is 0 Å². The molecule has 0 aromatic heterocycles. The second-order valence-corrected chi connectivity index (χ2v) is 8.44. The molecule has 7 nitrogen and oxygen atoms in total. The van der Waals surface area contributed by atoms with Crippen molar-refractivity contribution in [1.29, 1.82) is 0 Å². The smallest absolute Gasteiger partial charge is 0.410 e. The normalized spacial score (nSPS) is 20.4. The fourth-order valence-corrected chi connectivity index (χ4v) is 3.48. The number of aliphatic imine (C=N–C) groups is 1. The molecule has 0 aliphatic carbocycles. The molecule has 2 rings (SSSR count). The van der Waals surface area contributed by atoms with Crippen molar-refractivity contribution in [2.24, 2.45) is 16.6 Å². The molecular formula is C19H38IN5O2. The first-order valence-corrected chi connectivity index (χ1v) is 10.0. The van der Waals surface area contributed by atoms with Crippen molar-refractivity contribution in [1.82, 2.24) is 14.7 Å². The van der Waals surface area contributed by atoms with Gasteiger partial charge in [0.1, 0.15) is 5.60 Å². The summed E-state index contributed by atoms with van der Waals surface area (Å²) in [5.41, 5.74) is 5.74. The summed E-state index contributed by atoms with van der Waals surface area (Å²) >= 11 is 0. The van der Waals surface area contributed by atoms with Crippen molar-refractivity contribution < 1.29 is 9.53 Å². The highest BCUT2D eigenvalue weighted by Gasteiger charge is 2.26. The number of nitrogens with two attached hydrogens (primary N) is 1. The van der Waals surface area contributed by atoms with Crippen LogP contribution >= 0.6 is 24.0 Å². The lowest BCUT2D eigenvalue weighted by atomic mass is 9.97. The van der Waals surface area contributed by atoms with Crippen molar-refractivity contribution in [3.05, 3.63) is 0 Å². The van der Waals surface area contributed by atoms with Crippen LogP contribution in [0.5, 0.6) is 0 Å². The quantitative estimate of drug-likeness (QED) is 0.369. The highest BCUT2D eigenvalue weighted by molar-refractivity contribution is 14.0. The highest BCUT2D eigenvalue weighted by Crippen LogP contribution is 2.18. The molecule has 2 heterocycles. The molecular weight excluding hydrogens is 457 g/mol. The molecule has 27 heavy (non-hydrogen) atoms. The third kappa shape index (κ3) is 8.41. The van der Waals surface area contributed by atoms with Gasteiger partial charge in [-0.05, 0) is 65.6 Å². The fraction of sp³-hybridized carbons (Fsp3) is 0.895. The van der Waals surface area contributed by atoms with Gasteiger partial charge in [-0.25, -0.2) is 4.79 Å². The minimum absolute atomic E-state index is 0. The van der Waals surface area contributed by atoms with Gasteiger partial charge in [-0.2, -0.15) is 0 Å². The Kier molecular flexibility index (Phi) is 10.1. The number of piperidine rings is 1. The van der Waals surface area contributed by atoms with Crippen LogP contribution in [0.4, 0.5) is 4.79 Å². The van der Waals surface area contributed by atoms with E-state index < -0.39 is 5.60 Å². The van der Waals surface area contributed by atoms with Crippen molar-refractivity contribution in [3.8, 4) is 0 Å². The first-order chi connectivity index (χ1) is 12.3. The lowest BCUT2D eigenvalue weighted by molar-refractivity contribution is 0.0186. The predicted molar refractivity (Wildman–Crippen MR) is 121 cm³/mol. The number of rotatable bonds is 4. The Morgan fingerprint density at radius 3 is 2.15 bits per heavy atom. The van der Waals surface area contributed by atoms with Crippen LogP contribution in [0, 0.1) is 5.92 Å². The number of hydrogen-bond donors (Lipinski definition) is 1. The van der Waals surface area contributed by atoms with Crippen LogP contribution in [-0.2, 0) is 4.74 Å². The molecule has 0 bridgehead atoms. The highest BCUT2D eigenvalue weighted by atomic mass is 127. The van der Waals surface area contributed by atoms with Gasteiger partial charge in [0.15, 0.2) is 5.96 Å². The van der Waals surface area contributed by atoms with Crippen LogP contribution in [0.3, 0.4) is 0 Å². The zero-order valence-corrected chi connectivity index (χ0v) is 19.8. The number of amides is 1. The van der Waals surface area contributed by atoms with Gasteiger partial charge in [0.05, 0.1) is 0 Å². The maximum Gasteiger partial charge on any atom is 0.410 e. The molecule has 2 saturated heterocycles. The molecule has 158 valence electrons. The maximum atomic E-state index is 12.1. The average Bonchev–Trinajstić information content (AvgIpc) is 2.60. The molecule has 2 N–H and O–H groups in total. The van der Waals surface area contributed by atoms with Gasteiger partial charge in [0.2, 0.25) is 0 Å². The van der Waals surface area contributed by atoms with E-state index in [1.165, 1.54) is 38.9 Å². The Balaban J connectivity index is 0.00000364. The van der Waals surface area contributed by atoms with Crippen LogP contribution < -0.4 is 5.73 Å². The number of guanidine groups is 1. The van der Waals surface area contributed by atoms with E-state index in [1.807, 2.05) is 20.8 Å². The molecule has 0 atom stereocenters. The summed E-state index contributed by atoms with van der Waals surface area (Å²) in [7, 11) is 0. The minimum Gasteiger partial charge on any atom is -0.444 e. The standard InChI is InChI=1S/C19H37N5O2.HI/c1-5-8-22-9-6-16(7-10-22)15-21-17(20)23-11-13-24(14-12-23)18(25)26-19(2,3)4;/h16H,5-15H2,1-4H3,(H2,20,21);1H. The summed E-state index contributed by atoms with van der Waals surface area (Å²) in [5, 5.41) is 0. The molecule has 0 radical (unpaired) electrons. The number of piperazine rings is 1. The van der Waals surface area contributed by atoms with Crippen LogP contribution in [-0.4, -0.2) is 84.7 Å². The van der Waals surface area contributed by atoms with E-state index in [0.717, 1.165) is 6.54 Å². The second kappa shape index (κ2) is 11.3. The Labute approximate surface area is 181 Å². The molecule has 0 aromatic carbocycles. The summed E-state index contributed by atoms with van der Waals surface area (Å²) in [4.78, 5) is 23.1. The summed E-state index contributed by atoms with van der Waals surface area (Å²) in [6.07, 6.45) is 3.41. The van der Waals surface area contributed by atoms with Gasteiger partial charge >= 0.3 is 6.09 Å². The second-order valence-electron chi connectivity index (χ2n) is 8.44. The van der Waals surface area contributed by atoms with Gasteiger partial charge in [0.25, 0.3) is 0 Å². The molecule has 2 fully saturated rings. The number of carbonyl (C=O) groups excluding carboxylic acids is 1. The van der Waals surface area contributed by atoms with E-state index in [9.17, 15) is 4.79 Å². The van der Waals surface area contributed by atoms with Crippen molar-refractivity contribution in [3.63, 3.8) is 0 Å². The van der Waals surface area contributed by atoms with Crippen LogP contribution in [0.15, 0.2) is 4.99 Å². The molecule has 2 aliphatic rings. The zero-order valence-electron chi connectivity index (χ0n) is 17.4. The van der Waals surface area contributed by atoms with Crippen LogP contribution in [0.1, 0.15) is 47.0 Å². The number of nitrogens with zero attached hydrogens (tertiary/aromatic N) is 4. The Morgan fingerprint density at radius 2 is 1.63 bits per heavy atom. The van der Waals surface area contributed by atoms with Crippen molar-refractivity contribution >= 4 is 36.0 Å². The fourth-order valence-electron chi connectivity index (χ4n) is 3.48. The zero-order chi connectivity index (χ0) is 19.2. The number of ether oxygens (including phenoxy) is 1. The maximum absolute atomic E-state index is 12.1. The Morgan fingerprint density at radius 1 is 1.07 bits per heavy atom. The number of carbonyl (C=O) groups is 1. The van der Waals surface area contributed by atoms with Gasteiger partial charge in [0, 0.05) is 32.7 Å². The molecule has 0 aromatic rings. The van der Waals surface area contributed by atoms with E-state index >= 15 is 0 Å². The molecule has 8 heteroatoms. The van der Waals surface area contributed by atoms with E-state index in [2.05, 4.69) is 21.7 Å². The minimum atomic E-state index is -0.457. The van der Waals surface area contributed by atoms with Crippen molar-refractivity contribution in [2.45, 2.75) is 52.6 Å². The molecule has 0 unspecified atom stereocenters. The number of hydrogen-bond acceptors (Lipinski definition) is 4. The number of likely N-dealkylation sites (tertiary alicyclic amines) is 1. The van der Waals surface area contributed by atoms with Crippen molar-refractivity contribution in [2.75, 3.05) is 52.4 Å². The molecule has 1 amide bonds. The first-order valence-electron chi connectivity index (χ1n) is 10.0. The van der Waals surface area contributed by atoms with Crippen LogP contribution in [0.25, 0.3) is 0 Å². The summed E-state index contributed by atoms with van der Waals surface area (Å²) in [5.74, 6) is 1.26. The lowest BCUT2D eigenvalue weighted by Gasteiger charge is -2.36. The predicted octanol–water partition coefficient (Wildman–Crippen LogP) is 2.59. The van der Waals surface area contributed by atoms with Gasteiger partial charge in [-0.1, -0.05) is 6.92 Å².